The number of methoxy groups -OCH3 is 1. The molecule has 2 nitrogen and oxygen atoms in total. The molecule has 2 aromatic carbocycles. The van der Waals surface area contributed by atoms with Crippen molar-refractivity contribution >= 4 is 28.9 Å². The van der Waals surface area contributed by atoms with Gasteiger partial charge in [-0.1, -0.05) is 35.3 Å². The lowest BCUT2D eigenvalue weighted by Crippen LogP contribution is -2.13. The van der Waals surface area contributed by atoms with Gasteiger partial charge in [0.25, 0.3) is 0 Å². The van der Waals surface area contributed by atoms with Gasteiger partial charge in [0, 0.05) is 11.1 Å². The molecule has 1 unspecified atom stereocenters. The monoisotopic (exact) mass is 321 g/mol. The molecule has 1 aliphatic rings. The Kier molecular flexibility index (Phi) is 4.27. The van der Waals surface area contributed by atoms with Gasteiger partial charge in [-0.25, -0.2) is 0 Å². The van der Waals surface area contributed by atoms with Crippen LogP contribution in [0.25, 0.3) is 0 Å². The first-order chi connectivity index (χ1) is 10.2. The van der Waals surface area contributed by atoms with Crippen LogP contribution < -0.4 is 10.1 Å². The van der Waals surface area contributed by atoms with Crippen LogP contribution in [0.3, 0.4) is 0 Å². The molecule has 110 valence electrons. The standard InChI is InChI=1S/C17H17Cl2NO/c1-21-14-8-9-15(19)16(10-14)20-17(11-2-3-11)12-4-6-13(18)7-5-12/h4-11,17,20H,2-3H2,1H3. The summed E-state index contributed by atoms with van der Waals surface area (Å²) >= 11 is 12.3. The predicted molar refractivity (Wildman–Crippen MR) is 88.5 cm³/mol. The summed E-state index contributed by atoms with van der Waals surface area (Å²) < 4.78 is 5.27. The van der Waals surface area contributed by atoms with Crippen molar-refractivity contribution in [3.63, 3.8) is 0 Å². The molecule has 0 spiro atoms. The van der Waals surface area contributed by atoms with Crippen molar-refractivity contribution in [2.75, 3.05) is 12.4 Å². The Bertz CT molecular complexity index is 623. The van der Waals surface area contributed by atoms with Crippen molar-refractivity contribution in [3.05, 3.63) is 58.1 Å². The molecule has 3 rings (SSSR count). The first kappa shape index (κ1) is 14.6. The second-order valence-corrected chi connectivity index (χ2v) is 6.20. The van der Waals surface area contributed by atoms with Crippen molar-refractivity contribution in [2.24, 2.45) is 5.92 Å². The van der Waals surface area contributed by atoms with Gasteiger partial charge in [-0.3, -0.25) is 0 Å². The highest BCUT2D eigenvalue weighted by molar-refractivity contribution is 6.33. The molecule has 0 aromatic heterocycles. The molecule has 21 heavy (non-hydrogen) atoms. The van der Waals surface area contributed by atoms with Gasteiger partial charge in [0.15, 0.2) is 0 Å². The maximum Gasteiger partial charge on any atom is 0.121 e. The van der Waals surface area contributed by atoms with Crippen molar-refractivity contribution in [2.45, 2.75) is 18.9 Å². The molecule has 4 heteroatoms. The van der Waals surface area contributed by atoms with E-state index in [1.54, 1.807) is 7.11 Å². The topological polar surface area (TPSA) is 21.3 Å². The minimum absolute atomic E-state index is 0.256. The van der Waals surface area contributed by atoms with E-state index in [2.05, 4.69) is 17.4 Å². The highest BCUT2D eigenvalue weighted by Crippen LogP contribution is 2.44. The van der Waals surface area contributed by atoms with Crippen LogP contribution in [0.4, 0.5) is 5.69 Å². The summed E-state index contributed by atoms with van der Waals surface area (Å²) in [5.74, 6) is 1.45. The zero-order valence-corrected chi connectivity index (χ0v) is 13.3. The Morgan fingerprint density at radius 1 is 1.10 bits per heavy atom. The van der Waals surface area contributed by atoms with Gasteiger partial charge < -0.3 is 10.1 Å². The summed E-state index contributed by atoms with van der Waals surface area (Å²) in [6.07, 6.45) is 2.48. The van der Waals surface area contributed by atoms with E-state index in [0.29, 0.717) is 10.9 Å². The molecule has 1 fully saturated rings. The van der Waals surface area contributed by atoms with Crippen molar-refractivity contribution in [3.8, 4) is 5.75 Å². The van der Waals surface area contributed by atoms with Gasteiger partial charge in [-0.05, 0) is 48.6 Å². The van der Waals surface area contributed by atoms with E-state index >= 15 is 0 Å². The number of anilines is 1. The summed E-state index contributed by atoms with van der Waals surface area (Å²) in [6.45, 7) is 0. The van der Waals surface area contributed by atoms with E-state index in [0.717, 1.165) is 16.5 Å². The minimum Gasteiger partial charge on any atom is -0.497 e. The highest BCUT2D eigenvalue weighted by Gasteiger charge is 2.32. The molecule has 0 bridgehead atoms. The summed E-state index contributed by atoms with van der Waals surface area (Å²) in [7, 11) is 1.66. The Morgan fingerprint density at radius 3 is 2.43 bits per heavy atom. The summed E-state index contributed by atoms with van der Waals surface area (Å²) in [5.41, 5.74) is 2.14. The molecule has 0 heterocycles. The molecular formula is C17H17Cl2NO. The van der Waals surface area contributed by atoms with Crippen LogP contribution in [0.15, 0.2) is 42.5 Å². The molecule has 1 atom stereocenters. The maximum atomic E-state index is 6.30. The molecule has 1 N–H and O–H groups in total. The van der Waals surface area contributed by atoms with E-state index in [1.807, 2.05) is 30.3 Å². The van der Waals surface area contributed by atoms with Crippen LogP contribution in [0.2, 0.25) is 10.0 Å². The van der Waals surface area contributed by atoms with Gasteiger partial charge >= 0.3 is 0 Å². The lowest BCUT2D eigenvalue weighted by Gasteiger charge is -2.21. The zero-order valence-electron chi connectivity index (χ0n) is 11.8. The molecule has 0 radical (unpaired) electrons. The molecule has 2 aromatic rings. The fraction of sp³-hybridized carbons (Fsp3) is 0.294. The number of hydrogen-bond acceptors (Lipinski definition) is 2. The number of halogens is 2. The van der Waals surface area contributed by atoms with Crippen LogP contribution >= 0.6 is 23.2 Å². The molecular weight excluding hydrogens is 305 g/mol. The number of hydrogen-bond donors (Lipinski definition) is 1. The van der Waals surface area contributed by atoms with Crippen LogP contribution in [-0.4, -0.2) is 7.11 Å². The molecule has 0 saturated heterocycles. The Labute approximate surface area is 135 Å². The highest BCUT2D eigenvalue weighted by atomic mass is 35.5. The van der Waals surface area contributed by atoms with E-state index in [1.165, 1.54) is 18.4 Å². The summed E-state index contributed by atoms with van der Waals surface area (Å²) in [5, 5.41) is 5.03. The van der Waals surface area contributed by atoms with Gasteiger partial charge in [0.1, 0.15) is 5.75 Å². The Hall–Kier alpha value is -1.38. The lowest BCUT2D eigenvalue weighted by molar-refractivity contribution is 0.415. The van der Waals surface area contributed by atoms with Crippen LogP contribution in [0.5, 0.6) is 5.75 Å². The first-order valence-electron chi connectivity index (χ1n) is 7.03. The number of nitrogens with one attached hydrogen (secondary N) is 1. The predicted octanol–water partition coefficient (Wildman–Crippen LogP) is 5.57. The average Bonchev–Trinajstić information content (AvgIpc) is 3.32. The van der Waals surface area contributed by atoms with Crippen LogP contribution in [0.1, 0.15) is 24.4 Å². The first-order valence-corrected chi connectivity index (χ1v) is 7.78. The largest absolute Gasteiger partial charge is 0.497 e. The Morgan fingerprint density at radius 2 is 1.81 bits per heavy atom. The lowest BCUT2D eigenvalue weighted by atomic mass is 10.0. The van der Waals surface area contributed by atoms with Crippen LogP contribution in [-0.2, 0) is 0 Å². The minimum atomic E-state index is 0.256. The second kappa shape index (κ2) is 6.17. The fourth-order valence-corrected chi connectivity index (χ4v) is 2.78. The summed E-state index contributed by atoms with van der Waals surface area (Å²) in [4.78, 5) is 0. The molecule has 1 aliphatic carbocycles. The fourth-order valence-electron chi connectivity index (χ4n) is 2.48. The van der Waals surface area contributed by atoms with E-state index in [9.17, 15) is 0 Å². The van der Waals surface area contributed by atoms with Crippen molar-refractivity contribution in [1.29, 1.82) is 0 Å². The van der Waals surface area contributed by atoms with Gasteiger partial charge in [-0.2, -0.15) is 0 Å². The third kappa shape index (κ3) is 3.45. The van der Waals surface area contributed by atoms with E-state index < -0.39 is 0 Å². The van der Waals surface area contributed by atoms with E-state index in [-0.39, 0.29) is 6.04 Å². The smallest absolute Gasteiger partial charge is 0.121 e. The van der Waals surface area contributed by atoms with Crippen molar-refractivity contribution < 1.29 is 4.74 Å². The van der Waals surface area contributed by atoms with Gasteiger partial charge in [0.2, 0.25) is 0 Å². The van der Waals surface area contributed by atoms with E-state index in [4.69, 9.17) is 27.9 Å². The normalized spacial score (nSPS) is 15.6. The Balaban J connectivity index is 1.87. The van der Waals surface area contributed by atoms with Gasteiger partial charge in [-0.15, -0.1) is 0 Å². The maximum absolute atomic E-state index is 6.30. The quantitative estimate of drug-likeness (QED) is 0.777. The third-order valence-corrected chi connectivity index (χ3v) is 4.39. The summed E-state index contributed by atoms with van der Waals surface area (Å²) in [6, 6.07) is 13.9. The SMILES string of the molecule is COc1ccc(Cl)c(NC(c2ccc(Cl)cc2)C2CC2)c1. The molecule has 0 amide bonds. The van der Waals surface area contributed by atoms with Gasteiger partial charge in [0.05, 0.1) is 23.9 Å². The number of rotatable bonds is 5. The second-order valence-electron chi connectivity index (χ2n) is 5.36. The zero-order chi connectivity index (χ0) is 14.8. The van der Waals surface area contributed by atoms with Crippen molar-refractivity contribution in [1.82, 2.24) is 0 Å². The third-order valence-electron chi connectivity index (χ3n) is 3.81. The van der Waals surface area contributed by atoms with Crippen LogP contribution in [0, 0.1) is 5.92 Å². The number of ether oxygens (including phenoxy) is 1. The average molecular weight is 322 g/mol. The molecule has 0 aliphatic heterocycles. The number of benzene rings is 2. The molecule has 1 saturated carbocycles.